The van der Waals surface area contributed by atoms with Crippen molar-refractivity contribution in [3.05, 3.63) is 46.8 Å². The average Bonchev–Trinajstić information content (AvgIpc) is 3.30. The molecule has 5 nitrogen and oxygen atoms in total. The molecular weight excluding hydrogens is 420 g/mol. The second kappa shape index (κ2) is 10.2. The largest absolute Gasteiger partial charge is 0.370 e. The van der Waals surface area contributed by atoms with E-state index in [0.29, 0.717) is 6.54 Å². The Bertz CT molecular complexity index is 883. The van der Waals surface area contributed by atoms with Gasteiger partial charge in [-0.25, -0.2) is 0 Å². The van der Waals surface area contributed by atoms with Crippen LogP contribution < -0.4 is 5.73 Å². The number of nitrogens with zero attached hydrogens (tertiary/aromatic N) is 3. The molecule has 0 radical (unpaired) electrons. The summed E-state index contributed by atoms with van der Waals surface area (Å²) in [6.07, 6.45) is 1.28. The number of halogens is 1. The average molecular weight is 439 g/mol. The van der Waals surface area contributed by atoms with Crippen LogP contribution in [0.5, 0.6) is 0 Å². The molecule has 2 heterocycles. The van der Waals surface area contributed by atoms with Gasteiger partial charge in [0.2, 0.25) is 5.91 Å². The first-order valence-electron chi connectivity index (χ1n) is 8.40. The minimum Gasteiger partial charge on any atom is -0.370 e. The Kier molecular flexibility index (Phi) is 7.63. The van der Waals surface area contributed by atoms with E-state index in [1.807, 2.05) is 46.3 Å². The lowest BCUT2D eigenvalue weighted by molar-refractivity contribution is -0.118. The molecule has 27 heavy (non-hydrogen) atoms. The van der Waals surface area contributed by atoms with Gasteiger partial charge >= 0.3 is 0 Å². The molecule has 0 fully saturated rings. The summed E-state index contributed by atoms with van der Waals surface area (Å²) in [5.74, 6) is 2.35. The second-order valence-electron chi connectivity index (χ2n) is 5.63. The van der Waals surface area contributed by atoms with Crippen LogP contribution in [-0.4, -0.2) is 32.2 Å². The second-order valence-corrected chi connectivity index (χ2v) is 9.19. The highest BCUT2D eigenvalue weighted by Gasteiger charge is 2.15. The topological polar surface area (TPSA) is 73.8 Å². The van der Waals surface area contributed by atoms with Gasteiger partial charge in [0.05, 0.1) is 9.90 Å². The van der Waals surface area contributed by atoms with Gasteiger partial charge in [-0.1, -0.05) is 41.6 Å². The summed E-state index contributed by atoms with van der Waals surface area (Å²) in [4.78, 5) is 13.4. The van der Waals surface area contributed by atoms with E-state index < -0.39 is 0 Å². The molecule has 9 heteroatoms. The molecule has 0 unspecified atom stereocenters. The van der Waals surface area contributed by atoms with Crippen LogP contribution >= 0.6 is 46.5 Å². The third-order valence-electron chi connectivity index (χ3n) is 3.65. The SMILES string of the molecule is NC(=O)CCn1c(SCCCSc2ccccc2Cl)nnc1-c1cccs1. The fraction of sp³-hybridized carbons (Fsp3) is 0.278. The van der Waals surface area contributed by atoms with Crippen LogP contribution in [0.15, 0.2) is 51.8 Å². The highest BCUT2D eigenvalue weighted by Crippen LogP contribution is 2.30. The van der Waals surface area contributed by atoms with E-state index in [1.165, 1.54) is 0 Å². The van der Waals surface area contributed by atoms with E-state index in [1.54, 1.807) is 34.9 Å². The third kappa shape index (κ3) is 5.75. The van der Waals surface area contributed by atoms with Crippen LogP contribution in [0.4, 0.5) is 0 Å². The van der Waals surface area contributed by atoms with Gasteiger partial charge in [0, 0.05) is 23.6 Å². The fourth-order valence-electron chi connectivity index (χ4n) is 2.37. The number of amides is 1. The van der Waals surface area contributed by atoms with Gasteiger partial charge in [0.1, 0.15) is 0 Å². The van der Waals surface area contributed by atoms with Crippen molar-refractivity contribution in [1.29, 1.82) is 0 Å². The zero-order valence-corrected chi connectivity index (χ0v) is 17.7. The lowest BCUT2D eigenvalue weighted by Gasteiger charge is -2.08. The number of rotatable bonds is 10. The number of aromatic nitrogens is 3. The summed E-state index contributed by atoms with van der Waals surface area (Å²) in [6.45, 7) is 0.492. The van der Waals surface area contributed by atoms with Crippen molar-refractivity contribution in [2.24, 2.45) is 5.73 Å². The van der Waals surface area contributed by atoms with Crippen molar-refractivity contribution in [2.45, 2.75) is 29.4 Å². The molecule has 2 aromatic heterocycles. The number of benzene rings is 1. The Morgan fingerprint density at radius 1 is 1.15 bits per heavy atom. The zero-order valence-electron chi connectivity index (χ0n) is 14.5. The molecule has 0 bridgehead atoms. The molecule has 0 atom stereocenters. The summed E-state index contributed by atoms with van der Waals surface area (Å²) in [6, 6.07) is 11.9. The van der Waals surface area contributed by atoms with Gasteiger partial charge in [-0.3, -0.25) is 4.79 Å². The quantitative estimate of drug-likeness (QED) is 0.363. The van der Waals surface area contributed by atoms with E-state index in [4.69, 9.17) is 17.3 Å². The van der Waals surface area contributed by atoms with Gasteiger partial charge in [-0.15, -0.1) is 33.3 Å². The first-order chi connectivity index (χ1) is 13.1. The summed E-state index contributed by atoms with van der Waals surface area (Å²) < 4.78 is 1.99. The molecule has 142 valence electrons. The van der Waals surface area contributed by atoms with Crippen molar-refractivity contribution in [1.82, 2.24) is 14.8 Å². The zero-order chi connectivity index (χ0) is 19.1. The molecule has 1 amide bonds. The summed E-state index contributed by atoms with van der Waals surface area (Å²) in [7, 11) is 0. The number of thiophene rings is 1. The smallest absolute Gasteiger partial charge is 0.219 e. The molecular formula is C18H19ClN4OS3. The number of carbonyl (C=O) groups excluding carboxylic acids is 1. The van der Waals surface area contributed by atoms with Crippen LogP contribution in [0.1, 0.15) is 12.8 Å². The van der Waals surface area contributed by atoms with Crippen molar-refractivity contribution in [3.63, 3.8) is 0 Å². The number of nitrogens with two attached hydrogens (primary N) is 1. The maximum Gasteiger partial charge on any atom is 0.219 e. The van der Waals surface area contributed by atoms with Crippen LogP contribution in [0, 0.1) is 0 Å². The lowest BCUT2D eigenvalue weighted by atomic mass is 10.4. The Morgan fingerprint density at radius 3 is 2.70 bits per heavy atom. The Labute approximate surface area is 175 Å². The molecule has 0 aliphatic heterocycles. The predicted octanol–water partition coefficient (Wildman–Crippen LogP) is 4.81. The van der Waals surface area contributed by atoms with Crippen molar-refractivity contribution < 1.29 is 4.79 Å². The van der Waals surface area contributed by atoms with Gasteiger partial charge in [0.25, 0.3) is 0 Å². The van der Waals surface area contributed by atoms with Crippen LogP contribution in [0.3, 0.4) is 0 Å². The maximum absolute atomic E-state index is 11.2. The van der Waals surface area contributed by atoms with Crippen molar-refractivity contribution in [2.75, 3.05) is 11.5 Å². The van der Waals surface area contributed by atoms with Gasteiger partial charge < -0.3 is 10.3 Å². The number of primary amides is 1. The summed E-state index contributed by atoms with van der Waals surface area (Å²) in [5.41, 5.74) is 5.32. The molecule has 2 N–H and O–H groups in total. The number of hydrogen-bond acceptors (Lipinski definition) is 6. The van der Waals surface area contributed by atoms with E-state index in [2.05, 4.69) is 10.2 Å². The summed E-state index contributed by atoms with van der Waals surface area (Å²) >= 11 is 11.2. The molecule has 0 aliphatic carbocycles. The molecule has 0 aliphatic rings. The van der Waals surface area contributed by atoms with Crippen LogP contribution in [-0.2, 0) is 11.3 Å². The van der Waals surface area contributed by atoms with Crippen molar-refractivity contribution >= 4 is 52.4 Å². The van der Waals surface area contributed by atoms with Crippen LogP contribution in [0.2, 0.25) is 5.02 Å². The minimum atomic E-state index is -0.326. The Balaban J connectivity index is 1.57. The number of carbonyl (C=O) groups is 1. The lowest BCUT2D eigenvalue weighted by Crippen LogP contribution is -2.15. The minimum absolute atomic E-state index is 0.270. The van der Waals surface area contributed by atoms with E-state index >= 15 is 0 Å². The van der Waals surface area contributed by atoms with Gasteiger partial charge in [0.15, 0.2) is 11.0 Å². The first-order valence-corrected chi connectivity index (χ1v) is 11.6. The van der Waals surface area contributed by atoms with Gasteiger partial charge in [-0.2, -0.15) is 0 Å². The third-order valence-corrected chi connectivity index (χ3v) is 7.17. The van der Waals surface area contributed by atoms with E-state index in [0.717, 1.165) is 43.7 Å². The highest BCUT2D eigenvalue weighted by atomic mass is 35.5. The normalized spacial score (nSPS) is 11.0. The standard InChI is InChI=1S/C18H19ClN4OS3/c19-13-5-1-2-6-14(13)25-11-4-12-27-18-22-21-17(15-7-3-10-26-15)23(18)9-8-16(20)24/h1-3,5-7,10H,4,8-9,11-12H2,(H2,20,24). The fourth-order valence-corrected chi connectivity index (χ4v) is 5.37. The molecule has 1 aromatic carbocycles. The van der Waals surface area contributed by atoms with Gasteiger partial charge in [-0.05, 0) is 35.8 Å². The Morgan fingerprint density at radius 2 is 1.96 bits per heavy atom. The number of hydrogen-bond donors (Lipinski definition) is 1. The van der Waals surface area contributed by atoms with Crippen LogP contribution in [0.25, 0.3) is 10.7 Å². The van der Waals surface area contributed by atoms with E-state index in [9.17, 15) is 4.79 Å². The molecule has 0 saturated heterocycles. The maximum atomic E-state index is 11.2. The molecule has 3 aromatic rings. The monoisotopic (exact) mass is 438 g/mol. The predicted molar refractivity (Wildman–Crippen MR) is 115 cm³/mol. The molecule has 0 spiro atoms. The summed E-state index contributed by atoms with van der Waals surface area (Å²) in [5, 5.41) is 12.3. The Hall–Kier alpha value is -1.48. The van der Waals surface area contributed by atoms with Crippen molar-refractivity contribution in [3.8, 4) is 10.7 Å². The molecule has 3 rings (SSSR count). The molecule has 0 saturated carbocycles. The highest BCUT2D eigenvalue weighted by molar-refractivity contribution is 8.00. The number of thioether (sulfide) groups is 2. The first kappa shape index (κ1) is 20.3. The van der Waals surface area contributed by atoms with E-state index in [-0.39, 0.29) is 12.3 Å².